The van der Waals surface area contributed by atoms with Crippen LogP contribution in [0.2, 0.25) is 0 Å². The van der Waals surface area contributed by atoms with E-state index < -0.39 is 6.10 Å². The fourth-order valence-electron chi connectivity index (χ4n) is 2.19. The van der Waals surface area contributed by atoms with Crippen molar-refractivity contribution in [1.29, 1.82) is 0 Å². The average Bonchev–Trinajstić information content (AvgIpc) is 3.12. The summed E-state index contributed by atoms with van der Waals surface area (Å²) in [5.41, 5.74) is 0. The average molecular weight is 303 g/mol. The normalized spacial score (nSPS) is 14.5. The summed E-state index contributed by atoms with van der Waals surface area (Å²) in [6.07, 6.45) is -0.449. The van der Waals surface area contributed by atoms with Crippen molar-refractivity contribution < 1.29 is 5.11 Å². The molecule has 0 aliphatic carbocycles. The summed E-state index contributed by atoms with van der Waals surface area (Å²) in [5, 5.41) is 17.0. The molecule has 2 aromatic heterocycles. The van der Waals surface area contributed by atoms with E-state index >= 15 is 0 Å². The van der Waals surface area contributed by atoms with E-state index in [9.17, 15) is 5.11 Å². The Morgan fingerprint density at radius 1 is 1.15 bits per heavy atom. The van der Waals surface area contributed by atoms with Crippen molar-refractivity contribution in [3.05, 3.63) is 57.6 Å². The van der Waals surface area contributed by atoms with Crippen LogP contribution in [0, 0.1) is 0 Å². The zero-order valence-electron chi connectivity index (χ0n) is 11.2. The Kier molecular flexibility index (Phi) is 4.17. The highest BCUT2D eigenvalue weighted by molar-refractivity contribution is 7.19. The summed E-state index contributed by atoms with van der Waals surface area (Å²) >= 11 is 3.41. The van der Waals surface area contributed by atoms with Gasteiger partial charge in [-0.05, 0) is 35.9 Å². The van der Waals surface area contributed by atoms with E-state index in [0.29, 0.717) is 6.54 Å². The fourth-order valence-corrected chi connectivity index (χ4v) is 4.00. The molecule has 2 nitrogen and oxygen atoms in total. The van der Waals surface area contributed by atoms with Crippen LogP contribution >= 0.6 is 22.7 Å². The van der Waals surface area contributed by atoms with Crippen LogP contribution in [0.1, 0.15) is 28.8 Å². The van der Waals surface area contributed by atoms with Gasteiger partial charge in [0.2, 0.25) is 0 Å². The van der Waals surface area contributed by atoms with E-state index in [1.165, 1.54) is 15.0 Å². The van der Waals surface area contributed by atoms with Gasteiger partial charge in [-0.1, -0.05) is 24.3 Å². The van der Waals surface area contributed by atoms with Gasteiger partial charge in [-0.2, -0.15) is 0 Å². The molecule has 2 atom stereocenters. The third kappa shape index (κ3) is 2.94. The van der Waals surface area contributed by atoms with Gasteiger partial charge in [0, 0.05) is 27.0 Å². The summed E-state index contributed by atoms with van der Waals surface area (Å²) in [4.78, 5) is 2.32. The molecule has 104 valence electrons. The molecule has 1 aromatic carbocycles. The topological polar surface area (TPSA) is 32.3 Å². The number of thiophene rings is 2. The van der Waals surface area contributed by atoms with Gasteiger partial charge in [0.05, 0.1) is 0 Å². The molecule has 3 aromatic rings. The molecular weight excluding hydrogens is 286 g/mol. The second kappa shape index (κ2) is 6.06. The van der Waals surface area contributed by atoms with E-state index in [1.807, 2.05) is 12.1 Å². The van der Waals surface area contributed by atoms with Gasteiger partial charge in [-0.3, -0.25) is 0 Å². The molecule has 2 heterocycles. The summed E-state index contributed by atoms with van der Waals surface area (Å²) in [6.45, 7) is 2.70. The van der Waals surface area contributed by atoms with E-state index in [4.69, 9.17) is 0 Å². The maximum absolute atomic E-state index is 10.3. The van der Waals surface area contributed by atoms with Crippen molar-refractivity contribution in [2.24, 2.45) is 0 Å². The molecule has 0 spiro atoms. The smallest absolute Gasteiger partial charge is 0.101 e. The lowest BCUT2D eigenvalue weighted by atomic mass is 10.2. The number of hydrogen-bond donors (Lipinski definition) is 2. The first-order valence-corrected chi connectivity index (χ1v) is 8.37. The number of aliphatic hydroxyl groups is 1. The second-order valence-electron chi connectivity index (χ2n) is 4.85. The number of aliphatic hydroxyl groups excluding tert-OH is 1. The van der Waals surface area contributed by atoms with E-state index in [2.05, 4.69) is 48.0 Å². The maximum atomic E-state index is 10.3. The molecule has 20 heavy (non-hydrogen) atoms. The molecule has 0 bridgehead atoms. The zero-order chi connectivity index (χ0) is 13.9. The lowest BCUT2D eigenvalue weighted by molar-refractivity contribution is 0.174. The lowest BCUT2D eigenvalue weighted by Gasteiger charge is -2.15. The Balaban J connectivity index is 1.65. The van der Waals surface area contributed by atoms with Crippen molar-refractivity contribution >= 4 is 32.8 Å². The highest BCUT2D eigenvalue weighted by Gasteiger charge is 2.13. The summed E-state index contributed by atoms with van der Waals surface area (Å²) in [6, 6.07) is 14.8. The maximum Gasteiger partial charge on any atom is 0.101 e. The van der Waals surface area contributed by atoms with Crippen molar-refractivity contribution in [1.82, 2.24) is 5.32 Å². The monoisotopic (exact) mass is 303 g/mol. The SMILES string of the molecule is CC(NCC(O)c1cc2ccccc2s1)c1cccs1. The van der Waals surface area contributed by atoms with Crippen LogP contribution in [0.15, 0.2) is 47.8 Å². The third-order valence-corrected chi connectivity index (χ3v) is 5.63. The van der Waals surface area contributed by atoms with E-state index in [-0.39, 0.29) is 6.04 Å². The van der Waals surface area contributed by atoms with Gasteiger partial charge in [0.25, 0.3) is 0 Å². The molecular formula is C16H17NOS2. The van der Waals surface area contributed by atoms with Gasteiger partial charge < -0.3 is 10.4 Å². The molecule has 0 amide bonds. The van der Waals surface area contributed by atoms with Crippen LogP contribution < -0.4 is 5.32 Å². The summed E-state index contributed by atoms with van der Waals surface area (Å²) in [5.74, 6) is 0. The minimum absolute atomic E-state index is 0.277. The molecule has 4 heteroatoms. The van der Waals surface area contributed by atoms with Gasteiger partial charge in [-0.25, -0.2) is 0 Å². The molecule has 0 radical (unpaired) electrons. The third-order valence-electron chi connectivity index (χ3n) is 3.36. The Morgan fingerprint density at radius 2 is 2.00 bits per heavy atom. The quantitative estimate of drug-likeness (QED) is 0.734. The fraction of sp³-hybridized carbons (Fsp3) is 0.250. The highest BCUT2D eigenvalue weighted by atomic mass is 32.1. The van der Waals surface area contributed by atoms with Crippen LogP contribution in [0.4, 0.5) is 0 Å². The Labute approximate surface area is 126 Å². The predicted molar refractivity (Wildman–Crippen MR) is 87.5 cm³/mol. The van der Waals surface area contributed by atoms with Crippen molar-refractivity contribution in [3.8, 4) is 0 Å². The summed E-state index contributed by atoms with van der Waals surface area (Å²) < 4.78 is 1.23. The van der Waals surface area contributed by atoms with Gasteiger partial charge in [0.1, 0.15) is 6.10 Å². The Bertz CT molecular complexity index is 642. The van der Waals surface area contributed by atoms with Crippen LogP contribution in [-0.2, 0) is 0 Å². The van der Waals surface area contributed by atoms with Crippen molar-refractivity contribution in [3.63, 3.8) is 0 Å². The van der Waals surface area contributed by atoms with Crippen LogP contribution in [0.3, 0.4) is 0 Å². The Hall–Kier alpha value is -1.20. The molecule has 0 saturated carbocycles. The zero-order valence-corrected chi connectivity index (χ0v) is 12.9. The highest BCUT2D eigenvalue weighted by Crippen LogP contribution is 2.30. The second-order valence-corrected chi connectivity index (χ2v) is 6.94. The largest absolute Gasteiger partial charge is 0.386 e. The number of hydrogen-bond acceptors (Lipinski definition) is 4. The first-order valence-electron chi connectivity index (χ1n) is 6.67. The minimum atomic E-state index is -0.449. The van der Waals surface area contributed by atoms with Crippen LogP contribution in [0.25, 0.3) is 10.1 Å². The minimum Gasteiger partial charge on any atom is -0.386 e. The number of benzene rings is 1. The van der Waals surface area contributed by atoms with Gasteiger partial charge in [0.15, 0.2) is 0 Å². The molecule has 0 fully saturated rings. The van der Waals surface area contributed by atoms with Crippen molar-refractivity contribution in [2.75, 3.05) is 6.54 Å². The lowest BCUT2D eigenvalue weighted by Crippen LogP contribution is -2.23. The number of rotatable bonds is 5. The predicted octanol–water partition coefficient (Wildman–Crippen LogP) is 4.35. The van der Waals surface area contributed by atoms with Crippen LogP contribution in [0.5, 0.6) is 0 Å². The first kappa shape index (κ1) is 13.8. The molecule has 2 N–H and O–H groups in total. The number of nitrogens with one attached hydrogen (secondary N) is 1. The molecule has 0 saturated heterocycles. The number of fused-ring (bicyclic) bond motifs is 1. The first-order chi connectivity index (χ1) is 9.74. The van der Waals surface area contributed by atoms with Gasteiger partial charge in [-0.15, -0.1) is 22.7 Å². The van der Waals surface area contributed by atoms with Crippen LogP contribution in [-0.4, -0.2) is 11.7 Å². The molecule has 0 aliphatic rings. The summed E-state index contributed by atoms with van der Waals surface area (Å²) in [7, 11) is 0. The molecule has 3 rings (SSSR count). The molecule has 0 aliphatic heterocycles. The van der Waals surface area contributed by atoms with E-state index in [0.717, 1.165) is 4.88 Å². The Morgan fingerprint density at radius 3 is 2.75 bits per heavy atom. The molecule has 2 unspecified atom stereocenters. The van der Waals surface area contributed by atoms with Crippen molar-refractivity contribution in [2.45, 2.75) is 19.1 Å². The van der Waals surface area contributed by atoms with Gasteiger partial charge >= 0.3 is 0 Å². The van der Waals surface area contributed by atoms with E-state index in [1.54, 1.807) is 22.7 Å². The standard InChI is InChI=1S/C16H17NOS2/c1-11(14-7-4-8-19-14)17-10-13(18)16-9-12-5-2-3-6-15(12)20-16/h2-9,11,13,17-18H,10H2,1H3.